The first kappa shape index (κ1) is 14.9. The molecule has 1 N–H and O–H groups in total. The van der Waals surface area contributed by atoms with Crippen LogP contribution in [0.3, 0.4) is 0 Å². The second-order valence-electron chi connectivity index (χ2n) is 4.82. The summed E-state index contributed by atoms with van der Waals surface area (Å²) in [5.74, 6) is -0.791. The maximum Gasteiger partial charge on any atom is 0.246 e. The Kier molecular flexibility index (Phi) is 4.02. The summed E-state index contributed by atoms with van der Waals surface area (Å²) in [7, 11) is -3.86. The zero-order chi connectivity index (χ0) is 14.3. The lowest BCUT2D eigenvalue weighted by molar-refractivity contribution is -0.0654. The monoisotopic (exact) mass is 351 g/mol. The van der Waals surface area contributed by atoms with Crippen LogP contribution in [0.15, 0.2) is 27.6 Å². The molecule has 7 heteroatoms. The Bertz CT molecular complexity index is 585. The van der Waals surface area contributed by atoms with Gasteiger partial charge in [0.05, 0.1) is 5.60 Å². The number of hydrogen-bond donors (Lipinski definition) is 1. The zero-order valence-corrected chi connectivity index (χ0v) is 12.8. The molecule has 1 fully saturated rings. The highest BCUT2D eigenvalue weighted by molar-refractivity contribution is 9.10. The Morgan fingerprint density at radius 3 is 2.63 bits per heavy atom. The summed E-state index contributed by atoms with van der Waals surface area (Å²) in [6, 6.07) is 3.82. The Balaban J connectivity index is 2.21. The molecule has 0 amide bonds. The molecular weight excluding hydrogens is 337 g/mol. The fourth-order valence-electron chi connectivity index (χ4n) is 2.23. The van der Waals surface area contributed by atoms with Crippen molar-refractivity contribution in [1.29, 1.82) is 0 Å². The number of nitrogens with zero attached hydrogens (tertiary/aromatic N) is 1. The van der Waals surface area contributed by atoms with Crippen LogP contribution in [0.2, 0.25) is 0 Å². The minimum absolute atomic E-state index is 0.0265. The predicted molar refractivity (Wildman–Crippen MR) is 72.7 cm³/mol. The van der Waals surface area contributed by atoms with Crippen LogP contribution in [0.5, 0.6) is 0 Å². The maximum absolute atomic E-state index is 13.7. The first-order valence-electron chi connectivity index (χ1n) is 5.96. The molecule has 0 aromatic heterocycles. The zero-order valence-electron chi connectivity index (χ0n) is 10.4. The molecule has 4 nitrogen and oxygen atoms in total. The minimum Gasteiger partial charge on any atom is -0.387 e. The largest absolute Gasteiger partial charge is 0.387 e. The van der Waals surface area contributed by atoms with Crippen LogP contribution in [-0.2, 0) is 10.0 Å². The standard InChI is InChI=1S/C12H15BrFNO3S/c1-2-5-12(16)7-15(8-12)19(17,18)11-4-3-9(13)6-10(11)14/h3-4,6,16H,2,5,7-8H2,1H3. The van der Waals surface area contributed by atoms with Crippen LogP contribution in [0.25, 0.3) is 0 Å². The van der Waals surface area contributed by atoms with E-state index in [0.29, 0.717) is 10.9 Å². The molecule has 1 aromatic rings. The summed E-state index contributed by atoms with van der Waals surface area (Å²) < 4.78 is 39.7. The number of hydrogen-bond acceptors (Lipinski definition) is 3. The van der Waals surface area contributed by atoms with E-state index < -0.39 is 21.4 Å². The number of benzene rings is 1. The van der Waals surface area contributed by atoms with E-state index in [4.69, 9.17) is 0 Å². The fourth-order valence-corrected chi connectivity index (χ4v) is 4.20. The van der Waals surface area contributed by atoms with E-state index in [1.54, 1.807) is 0 Å². The average Bonchev–Trinajstić information content (AvgIpc) is 2.25. The van der Waals surface area contributed by atoms with Crippen LogP contribution >= 0.6 is 15.9 Å². The number of β-amino-alcohol motifs (C(OH)–C–C–N with tert-alkyl or cyclic N) is 1. The van der Waals surface area contributed by atoms with Crippen LogP contribution in [0.1, 0.15) is 19.8 Å². The maximum atomic E-state index is 13.7. The minimum atomic E-state index is -3.86. The topological polar surface area (TPSA) is 57.6 Å². The van der Waals surface area contributed by atoms with Crippen LogP contribution < -0.4 is 0 Å². The van der Waals surface area contributed by atoms with E-state index in [1.165, 1.54) is 12.1 Å². The molecule has 0 aliphatic carbocycles. The summed E-state index contributed by atoms with van der Waals surface area (Å²) in [5, 5.41) is 10.00. The summed E-state index contributed by atoms with van der Waals surface area (Å²) in [6.45, 7) is 1.97. The van der Waals surface area contributed by atoms with Gasteiger partial charge in [-0.15, -0.1) is 0 Å². The van der Waals surface area contributed by atoms with Crippen molar-refractivity contribution in [3.05, 3.63) is 28.5 Å². The highest BCUT2D eigenvalue weighted by atomic mass is 79.9. The lowest BCUT2D eigenvalue weighted by Crippen LogP contribution is -2.63. The van der Waals surface area contributed by atoms with Gasteiger partial charge in [0, 0.05) is 17.6 Å². The van der Waals surface area contributed by atoms with Gasteiger partial charge in [-0.1, -0.05) is 29.3 Å². The summed E-state index contributed by atoms with van der Waals surface area (Å²) in [5.41, 5.74) is -0.965. The molecule has 2 rings (SSSR count). The molecule has 0 radical (unpaired) electrons. The molecule has 0 saturated carbocycles. The van der Waals surface area contributed by atoms with Crippen LogP contribution in [-0.4, -0.2) is 36.5 Å². The lowest BCUT2D eigenvalue weighted by atomic mass is 9.92. The highest BCUT2D eigenvalue weighted by Gasteiger charge is 2.47. The molecule has 1 heterocycles. The van der Waals surface area contributed by atoms with Crippen LogP contribution in [0, 0.1) is 5.82 Å². The van der Waals surface area contributed by atoms with E-state index in [0.717, 1.165) is 16.8 Å². The third kappa shape index (κ3) is 2.84. The second kappa shape index (κ2) is 5.12. The second-order valence-corrected chi connectivity index (χ2v) is 7.64. The Hall–Kier alpha value is -0.500. The molecule has 1 saturated heterocycles. The summed E-state index contributed by atoms with van der Waals surface area (Å²) in [4.78, 5) is -0.353. The van der Waals surface area contributed by atoms with Gasteiger partial charge in [0.2, 0.25) is 10.0 Å². The van der Waals surface area contributed by atoms with Gasteiger partial charge in [-0.25, -0.2) is 12.8 Å². The normalized spacial score (nSPS) is 19.2. The Labute approximate surface area is 120 Å². The molecule has 106 valence electrons. The summed E-state index contributed by atoms with van der Waals surface area (Å²) in [6.07, 6.45) is 1.32. The Morgan fingerprint density at radius 2 is 2.11 bits per heavy atom. The number of sulfonamides is 1. The lowest BCUT2D eigenvalue weighted by Gasteiger charge is -2.45. The fraction of sp³-hybridized carbons (Fsp3) is 0.500. The molecule has 1 aliphatic heterocycles. The third-order valence-corrected chi connectivity index (χ3v) is 5.49. The van der Waals surface area contributed by atoms with E-state index in [2.05, 4.69) is 15.9 Å². The van der Waals surface area contributed by atoms with Crippen molar-refractivity contribution in [3.63, 3.8) is 0 Å². The van der Waals surface area contributed by atoms with Gasteiger partial charge in [0.25, 0.3) is 0 Å². The first-order valence-corrected chi connectivity index (χ1v) is 8.19. The van der Waals surface area contributed by atoms with Crippen molar-refractivity contribution in [2.45, 2.75) is 30.3 Å². The van der Waals surface area contributed by atoms with Gasteiger partial charge in [-0.05, 0) is 24.6 Å². The molecular formula is C12H15BrFNO3S. The van der Waals surface area contributed by atoms with E-state index in [9.17, 15) is 17.9 Å². The van der Waals surface area contributed by atoms with Gasteiger partial charge in [0.1, 0.15) is 10.7 Å². The summed E-state index contributed by atoms with van der Waals surface area (Å²) >= 11 is 3.08. The van der Waals surface area contributed by atoms with Crippen LogP contribution in [0.4, 0.5) is 4.39 Å². The van der Waals surface area contributed by atoms with Crippen molar-refractivity contribution in [3.8, 4) is 0 Å². The predicted octanol–water partition coefficient (Wildman–Crippen LogP) is 2.12. The van der Waals surface area contributed by atoms with Gasteiger partial charge in [-0.3, -0.25) is 0 Å². The molecule has 1 aliphatic rings. The molecule has 0 spiro atoms. The highest BCUT2D eigenvalue weighted by Crippen LogP contribution is 2.32. The quantitative estimate of drug-likeness (QED) is 0.903. The van der Waals surface area contributed by atoms with E-state index in [-0.39, 0.29) is 18.0 Å². The van der Waals surface area contributed by atoms with Gasteiger partial charge >= 0.3 is 0 Å². The number of rotatable bonds is 4. The molecule has 0 bridgehead atoms. The smallest absolute Gasteiger partial charge is 0.246 e. The van der Waals surface area contributed by atoms with Gasteiger partial charge < -0.3 is 5.11 Å². The number of aliphatic hydroxyl groups is 1. The van der Waals surface area contributed by atoms with E-state index >= 15 is 0 Å². The average molecular weight is 352 g/mol. The van der Waals surface area contributed by atoms with Crippen molar-refractivity contribution >= 4 is 26.0 Å². The number of halogens is 2. The van der Waals surface area contributed by atoms with Crippen molar-refractivity contribution in [1.82, 2.24) is 4.31 Å². The van der Waals surface area contributed by atoms with Gasteiger partial charge in [0.15, 0.2) is 0 Å². The van der Waals surface area contributed by atoms with Gasteiger partial charge in [-0.2, -0.15) is 4.31 Å². The first-order chi connectivity index (χ1) is 8.78. The molecule has 0 atom stereocenters. The third-order valence-electron chi connectivity index (χ3n) is 3.17. The SMILES string of the molecule is CCCC1(O)CN(S(=O)(=O)c2ccc(Br)cc2F)C1. The van der Waals surface area contributed by atoms with Crippen molar-refractivity contribution in [2.75, 3.05) is 13.1 Å². The van der Waals surface area contributed by atoms with E-state index in [1.807, 2.05) is 6.92 Å². The Morgan fingerprint density at radius 1 is 1.47 bits per heavy atom. The molecule has 0 unspecified atom stereocenters. The molecule has 19 heavy (non-hydrogen) atoms. The van der Waals surface area contributed by atoms with Crippen molar-refractivity contribution < 1.29 is 17.9 Å². The van der Waals surface area contributed by atoms with Crippen molar-refractivity contribution in [2.24, 2.45) is 0 Å². The molecule has 1 aromatic carbocycles.